The molecule has 0 aliphatic rings. The summed E-state index contributed by atoms with van der Waals surface area (Å²) in [4.78, 5) is 8.67. The molecule has 3 aromatic rings. The molecule has 0 saturated heterocycles. The van der Waals surface area contributed by atoms with E-state index >= 15 is 0 Å². The lowest BCUT2D eigenvalue weighted by atomic mass is 10.2. The number of hydrogen-bond donors (Lipinski definition) is 1. The third-order valence-corrected chi connectivity index (χ3v) is 2.99. The zero-order chi connectivity index (χ0) is 13.8. The standard InChI is InChI=1S/C15H14N3O2/c19-9-6-14-16-7-8-18(14)10-13-11-20-15(17-13)12-4-2-1-3-5-12/h2-5,7-8,11,19H,6,9-10H2. The van der Waals surface area contributed by atoms with Gasteiger partial charge in [0, 0.05) is 24.4 Å². The number of aliphatic hydroxyl groups is 1. The highest BCUT2D eigenvalue weighted by atomic mass is 16.3. The zero-order valence-corrected chi connectivity index (χ0v) is 10.9. The van der Waals surface area contributed by atoms with E-state index in [-0.39, 0.29) is 6.61 Å². The Balaban J connectivity index is 1.79. The van der Waals surface area contributed by atoms with Crippen LogP contribution in [0.4, 0.5) is 0 Å². The van der Waals surface area contributed by atoms with Crippen molar-refractivity contribution in [1.29, 1.82) is 0 Å². The van der Waals surface area contributed by atoms with Gasteiger partial charge in [-0.1, -0.05) is 12.1 Å². The normalized spacial score (nSPS) is 10.8. The molecule has 0 atom stereocenters. The molecule has 0 fully saturated rings. The van der Waals surface area contributed by atoms with Gasteiger partial charge in [0.1, 0.15) is 12.1 Å². The summed E-state index contributed by atoms with van der Waals surface area (Å²) in [6, 6.07) is 10.4. The van der Waals surface area contributed by atoms with E-state index in [4.69, 9.17) is 9.52 Å². The van der Waals surface area contributed by atoms with E-state index < -0.39 is 0 Å². The minimum atomic E-state index is 0.0849. The van der Waals surface area contributed by atoms with Crippen LogP contribution >= 0.6 is 0 Å². The average molecular weight is 268 g/mol. The molecule has 0 aliphatic heterocycles. The van der Waals surface area contributed by atoms with Gasteiger partial charge in [-0.3, -0.25) is 0 Å². The van der Waals surface area contributed by atoms with Gasteiger partial charge in [-0.05, 0) is 18.2 Å². The SMILES string of the molecule is OCCc1nccn1Cc1coc(-c2cc[c]cc2)n1. The first-order valence-electron chi connectivity index (χ1n) is 6.38. The van der Waals surface area contributed by atoms with Gasteiger partial charge in [-0.25, -0.2) is 9.97 Å². The van der Waals surface area contributed by atoms with Crippen molar-refractivity contribution in [1.82, 2.24) is 14.5 Å². The van der Waals surface area contributed by atoms with Crippen molar-refractivity contribution in [2.24, 2.45) is 0 Å². The molecule has 101 valence electrons. The van der Waals surface area contributed by atoms with E-state index in [1.165, 1.54) is 0 Å². The molecular weight excluding hydrogens is 254 g/mol. The number of rotatable bonds is 5. The van der Waals surface area contributed by atoms with Crippen molar-refractivity contribution in [3.8, 4) is 11.5 Å². The summed E-state index contributed by atoms with van der Waals surface area (Å²) in [5, 5.41) is 8.99. The molecule has 5 heteroatoms. The molecule has 2 heterocycles. The maximum absolute atomic E-state index is 8.99. The summed E-state index contributed by atoms with van der Waals surface area (Å²) in [6.45, 7) is 0.666. The summed E-state index contributed by atoms with van der Waals surface area (Å²) < 4.78 is 7.45. The Kier molecular flexibility index (Phi) is 3.60. The van der Waals surface area contributed by atoms with Crippen LogP contribution in [0.25, 0.3) is 11.5 Å². The highest BCUT2D eigenvalue weighted by Crippen LogP contribution is 2.18. The van der Waals surface area contributed by atoms with Crippen LogP contribution in [0.3, 0.4) is 0 Å². The Labute approximate surface area is 116 Å². The van der Waals surface area contributed by atoms with Crippen LogP contribution in [0.5, 0.6) is 0 Å². The summed E-state index contributed by atoms with van der Waals surface area (Å²) >= 11 is 0. The van der Waals surface area contributed by atoms with E-state index in [9.17, 15) is 0 Å². The third-order valence-electron chi connectivity index (χ3n) is 2.99. The maximum atomic E-state index is 8.99. The molecule has 1 aromatic carbocycles. The van der Waals surface area contributed by atoms with E-state index in [1.54, 1.807) is 12.5 Å². The van der Waals surface area contributed by atoms with Gasteiger partial charge in [0.25, 0.3) is 0 Å². The number of oxazole rings is 1. The fourth-order valence-corrected chi connectivity index (χ4v) is 2.03. The molecule has 0 amide bonds. The van der Waals surface area contributed by atoms with Gasteiger partial charge in [-0.15, -0.1) is 0 Å². The van der Waals surface area contributed by atoms with Crippen LogP contribution in [0.15, 0.2) is 47.3 Å². The van der Waals surface area contributed by atoms with Crippen molar-refractivity contribution in [2.75, 3.05) is 6.61 Å². The Bertz CT molecular complexity index is 673. The van der Waals surface area contributed by atoms with Crippen molar-refractivity contribution < 1.29 is 9.52 Å². The summed E-state index contributed by atoms with van der Waals surface area (Å²) in [7, 11) is 0. The molecule has 20 heavy (non-hydrogen) atoms. The Morgan fingerprint density at radius 3 is 2.95 bits per heavy atom. The van der Waals surface area contributed by atoms with Crippen molar-refractivity contribution in [3.63, 3.8) is 0 Å². The second-order valence-electron chi connectivity index (χ2n) is 4.38. The number of hydrogen-bond acceptors (Lipinski definition) is 4. The third kappa shape index (κ3) is 2.62. The number of aliphatic hydroxyl groups excluding tert-OH is 1. The lowest BCUT2D eigenvalue weighted by molar-refractivity contribution is 0.295. The fourth-order valence-electron chi connectivity index (χ4n) is 2.03. The molecule has 3 rings (SSSR count). The van der Waals surface area contributed by atoms with Crippen LogP contribution in [0.2, 0.25) is 0 Å². The summed E-state index contributed by atoms with van der Waals surface area (Å²) in [5.74, 6) is 1.43. The lowest BCUT2D eigenvalue weighted by Gasteiger charge is -2.03. The lowest BCUT2D eigenvalue weighted by Crippen LogP contribution is -2.06. The summed E-state index contributed by atoms with van der Waals surface area (Å²) in [5.41, 5.74) is 1.75. The smallest absolute Gasteiger partial charge is 0.226 e. The first-order valence-corrected chi connectivity index (χ1v) is 6.38. The fraction of sp³-hybridized carbons (Fsp3) is 0.200. The topological polar surface area (TPSA) is 64.1 Å². The van der Waals surface area contributed by atoms with Crippen molar-refractivity contribution >= 4 is 0 Å². The minimum absolute atomic E-state index is 0.0849. The first kappa shape index (κ1) is 12.6. The molecule has 0 unspecified atom stereocenters. The molecule has 0 spiro atoms. The van der Waals surface area contributed by atoms with Gasteiger partial charge in [0.05, 0.1) is 18.8 Å². The first-order chi connectivity index (χ1) is 9.86. The van der Waals surface area contributed by atoms with Crippen LogP contribution in [0.1, 0.15) is 11.5 Å². The highest BCUT2D eigenvalue weighted by molar-refractivity contribution is 5.52. The van der Waals surface area contributed by atoms with E-state index in [0.717, 1.165) is 17.1 Å². The quantitative estimate of drug-likeness (QED) is 0.768. The average Bonchev–Trinajstić information content (AvgIpc) is 3.11. The van der Waals surface area contributed by atoms with Crippen molar-refractivity contribution in [2.45, 2.75) is 13.0 Å². The monoisotopic (exact) mass is 268 g/mol. The van der Waals surface area contributed by atoms with E-state index in [1.807, 2.05) is 35.0 Å². The van der Waals surface area contributed by atoms with Crippen LogP contribution < -0.4 is 0 Å². The second kappa shape index (κ2) is 5.71. The van der Waals surface area contributed by atoms with Gasteiger partial charge < -0.3 is 14.1 Å². The van der Waals surface area contributed by atoms with Crippen LogP contribution in [-0.4, -0.2) is 26.2 Å². The zero-order valence-electron chi connectivity index (χ0n) is 10.9. The number of imidazole rings is 1. The molecule has 0 saturated carbocycles. The Morgan fingerprint density at radius 2 is 2.15 bits per heavy atom. The second-order valence-corrected chi connectivity index (χ2v) is 4.38. The van der Waals surface area contributed by atoms with Crippen LogP contribution in [-0.2, 0) is 13.0 Å². The maximum Gasteiger partial charge on any atom is 0.226 e. The van der Waals surface area contributed by atoms with Crippen molar-refractivity contribution in [3.05, 3.63) is 60.5 Å². The van der Waals surface area contributed by atoms with Gasteiger partial charge in [-0.2, -0.15) is 0 Å². The number of nitrogens with zero attached hydrogens (tertiary/aromatic N) is 3. The minimum Gasteiger partial charge on any atom is -0.444 e. The van der Waals surface area contributed by atoms with Crippen LogP contribution in [0, 0.1) is 6.07 Å². The van der Waals surface area contributed by atoms with Gasteiger partial charge >= 0.3 is 0 Å². The van der Waals surface area contributed by atoms with Gasteiger partial charge in [0.2, 0.25) is 5.89 Å². The molecular formula is C15H14N3O2. The Hall–Kier alpha value is -2.40. The molecule has 5 nitrogen and oxygen atoms in total. The van der Waals surface area contributed by atoms with Gasteiger partial charge in [0.15, 0.2) is 0 Å². The largest absolute Gasteiger partial charge is 0.444 e. The van der Waals surface area contributed by atoms with E-state index in [2.05, 4.69) is 16.0 Å². The number of benzene rings is 1. The number of aromatic nitrogens is 3. The predicted molar refractivity (Wildman–Crippen MR) is 72.9 cm³/mol. The molecule has 2 aromatic heterocycles. The summed E-state index contributed by atoms with van der Waals surface area (Å²) in [6.07, 6.45) is 5.77. The Morgan fingerprint density at radius 1 is 1.30 bits per heavy atom. The molecule has 0 bridgehead atoms. The van der Waals surface area contributed by atoms with E-state index in [0.29, 0.717) is 18.9 Å². The molecule has 1 N–H and O–H groups in total. The predicted octanol–water partition coefficient (Wildman–Crippen LogP) is 1.92. The molecule has 0 aliphatic carbocycles. The highest BCUT2D eigenvalue weighted by Gasteiger charge is 2.08. The molecule has 1 radical (unpaired) electrons.